The average Bonchev–Trinajstić information content (AvgIpc) is 2.29. The van der Waals surface area contributed by atoms with Crippen molar-refractivity contribution in [1.29, 1.82) is 0 Å². The molecule has 17 heavy (non-hydrogen) atoms. The maximum atomic E-state index is 6.05. The van der Waals surface area contributed by atoms with Crippen LogP contribution in [0.5, 0.6) is 0 Å². The molecule has 6 unspecified atom stereocenters. The average molecular weight is 240 g/mol. The zero-order chi connectivity index (χ0) is 12.4. The highest BCUT2D eigenvalue weighted by Crippen LogP contribution is 2.34. The predicted molar refractivity (Wildman–Crippen MR) is 71.2 cm³/mol. The Morgan fingerprint density at radius 2 is 1.00 bits per heavy atom. The quantitative estimate of drug-likeness (QED) is 0.556. The first kappa shape index (κ1) is 13.3. The minimum absolute atomic E-state index is 0.202. The topological polar surface area (TPSA) is 104 Å². The lowest BCUT2D eigenvalue weighted by Crippen LogP contribution is -2.48. The molecule has 0 radical (unpaired) electrons. The van der Waals surface area contributed by atoms with E-state index in [1.807, 2.05) is 0 Å². The van der Waals surface area contributed by atoms with Gasteiger partial charge in [0.15, 0.2) is 0 Å². The van der Waals surface area contributed by atoms with E-state index in [0.29, 0.717) is 0 Å². The van der Waals surface area contributed by atoms with Crippen molar-refractivity contribution in [3.63, 3.8) is 0 Å². The molecular weight excluding hydrogens is 212 g/mol. The van der Waals surface area contributed by atoms with Crippen LogP contribution in [0.3, 0.4) is 0 Å². The summed E-state index contributed by atoms with van der Waals surface area (Å²) < 4.78 is 0. The molecule has 0 spiro atoms. The second-order valence-electron chi connectivity index (χ2n) is 6.25. The molecule has 0 aromatic carbocycles. The first-order valence-corrected chi connectivity index (χ1v) is 7.08. The number of rotatable bonds is 2. The molecule has 0 aromatic rings. The van der Waals surface area contributed by atoms with Crippen molar-refractivity contribution in [3.8, 4) is 0 Å². The van der Waals surface area contributed by atoms with Crippen molar-refractivity contribution < 1.29 is 0 Å². The third-order valence-electron chi connectivity index (χ3n) is 4.79. The minimum atomic E-state index is 0.202. The largest absolute Gasteiger partial charge is 0.326 e. The lowest BCUT2D eigenvalue weighted by molar-refractivity contribution is 0.200. The summed E-state index contributed by atoms with van der Waals surface area (Å²) in [4.78, 5) is 0. The summed E-state index contributed by atoms with van der Waals surface area (Å²) in [6.45, 7) is 0. The molecular formula is C13H28N4. The maximum absolute atomic E-state index is 6.05. The van der Waals surface area contributed by atoms with E-state index in [1.165, 1.54) is 19.3 Å². The molecule has 100 valence electrons. The fraction of sp³-hybridized carbons (Fsp3) is 1.00. The van der Waals surface area contributed by atoms with E-state index in [0.717, 1.165) is 37.5 Å². The van der Waals surface area contributed by atoms with Crippen LogP contribution in [0.25, 0.3) is 0 Å². The fourth-order valence-electron chi connectivity index (χ4n) is 3.54. The van der Waals surface area contributed by atoms with E-state index in [-0.39, 0.29) is 24.2 Å². The van der Waals surface area contributed by atoms with Gasteiger partial charge < -0.3 is 22.9 Å². The van der Waals surface area contributed by atoms with E-state index in [1.54, 1.807) is 0 Å². The first-order chi connectivity index (χ1) is 8.06. The fourth-order valence-corrected chi connectivity index (χ4v) is 3.54. The molecule has 2 rings (SSSR count). The van der Waals surface area contributed by atoms with Crippen LogP contribution in [0.2, 0.25) is 0 Å². The number of hydrogen-bond acceptors (Lipinski definition) is 4. The molecule has 2 aliphatic rings. The van der Waals surface area contributed by atoms with Gasteiger partial charge in [0, 0.05) is 24.2 Å². The van der Waals surface area contributed by atoms with Crippen molar-refractivity contribution in [1.82, 2.24) is 0 Å². The maximum Gasteiger partial charge on any atom is 0.0194 e. The Labute approximate surface area is 104 Å². The van der Waals surface area contributed by atoms with Crippen molar-refractivity contribution in [2.24, 2.45) is 34.8 Å². The highest BCUT2D eigenvalue weighted by atomic mass is 14.8. The van der Waals surface area contributed by atoms with Gasteiger partial charge in [-0.25, -0.2) is 0 Å². The molecule has 8 N–H and O–H groups in total. The third kappa shape index (κ3) is 3.41. The lowest BCUT2D eigenvalue weighted by Gasteiger charge is -2.37. The Morgan fingerprint density at radius 3 is 1.35 bits per heavy atom. The summed E-state index contributed by atoms with van der Waals surface area (Å²) in [5, 5.41) is 0. The minimum Gasteiger partial charge on any atom is -0.326 e. The van der Waals surface area contributed by atoms with Gasteiger partial charge in [-0.15, -0.1) is 0 Å². The van der Waals surface area contributed by atoms with Crippen molar-refractivity contribution in [2.75, 3.05) is 0 Å². The number of nitrogens with two attached hydrogens (primary N) is 4. The van der Waals surface area contributed by atoms with Gasteiger partial charge in [0.05, 0.1) is 0 Å². The third-order valence-corrected chi connectivity index (χ3v) is 4.79. The molecule has 0 heterocycles. The lowest BCUT2D eigenvalue weighted by atomic mass is 9.73. The molecule has 0 aromatic heterocycles. The summed E-state index contributed by atoms with van der Waals surface area (Å²) in [5.74, 6) is 1.52. The van der Waals surface area contributed by atoms with Crippen LogP contribution < -0.4 is 22.9 Å². The second kappa shape index (κ2) is 5.65. The molecule has 0 amide bonds. The molecule has 0 bridgehead atoms. The molecule has 2 aliphatic carbocycles. The summed E-state index contributed by atoms with van der Waals surface area (Å²) >= 11 is 0. The van der Waals surface area contributed by atoms with Crippen LogP contribution in [0, 0.1) is 11.8 Å². The Morgan fingerprint density at radius 1 is 0.588 bits per heavy atom. The molecule has 0 saturated heterocycles. The Bertz CT molecular complexity index is 222. The van der Waals surface area contributed by atoms with Crippen LogP contribution in [0.1, 0.15) is 44.9 Å². The summed E-state index contributed by atoms with van der Waals surface area (Å²) in [7, 11) is 0. The van der Waals surface area contributed by atoms with Gasteiger partial charge in [-0.3, -0.25) is 0 Å². The van der Waals surface area contributed by atoms with E-state index >= 15 is 0 Å². The smallest absolute Gasteiger partial charge is 0.0194 e. The zero-order valence-corrected chi connectivity index (χ0v) is 10.7. The molecule has 4 heteroatoms. The van der Waals surface area contributed by atoms with Gasteiger partial charge in [0.25, 0.3) is 0 Å². The highest BCUT2D eigenvalue weighted by Gasteiger charge is 2.30. The van der Waals surface area contributed by atoms with Crippen molar-refractivity contribution in [3.05, 3.63) is 0 Å². The van der Waals surface area contributed by atoms with Crippen molar-refractivity contribution in [2.45, 2.75) is 69.1 Å². The van der Waals surface area contributed by atoms with Crippen LogP contribution in [0.15, 0.2) is 0 Å². The van der Waals surface area contributed by atoms with Crippen LogP contribution in [-0.4, -0.2) is 24.2 Å². The molecule has 4 nitrogen and oxygen atoms in total. The monoisotopic (exact) mass is 240 g/mol. The van der Waals surface area contributed by atoms with Gasteiger partial charge in [0.1, 0.15) is 0 Å². The molecule has 2 fully saturated rings. The molecule has 6 atom stereocenters. The van der Waals surface area contributed by atoms with Crippen LogP contribution in [-0.2, 0) is 0 Å². The van der Waals surface area contributed by atoms with E-state index in [4.69, 9.17) is 22.9 Å². The highest BCUT2D eigenvalue weighted by molar-refractivity contribution is 4.89. The predicted octanol–water partition coefficient (Wildman–Crippen LogP) is 0.286. The van der Waals surface area contributed by atoms with Gasteiger partial charge in [-0.1, -0.05) is 0 Å². The Hall–Kier alpha value is -0.160. The van der Waals surface area contributed by atoms with Gasteiger partial charge >= 0.3 is 0 Å². The summed E-state index contributed by atoms with van der Waals surface area (Å²) in [6, 6.07) is 0.836. The van der Waals surface area contributed by atoms with E-state index in [9.17, 15) is 0 Å². The van der Waals surface area contributed by atoms with Crippen molar-refractivity contribution >= 4 is 0 Å². The van der Waals surface area contributed by atoms with Crippen LogP contribution >= 0.6 is 0 Å². The number of hydrogen-bond donors (Lipinski definition) is 4. The first-order valence-electron chi connectivity index (χ1n) is 7.08. The van der Waals surface area contributed by atoms with Crippen LogP contribution in [0.4, 0.5) is 0 Å². The molecule has 0 aliphatic heterocycles. The van der Waals surface area contributed by atoms with Gasteiger partial charge in [-0.2, -0.15) is 0 Å². The summed E-state index contributed by atoms with van der Waals surface area (Å²) in [6.07, 6.45) is 8.13. The van der Waals surface area contributed by atoms with E-state index < -0.39 is 0 Å². The van der Waals surface area contributed by atoms with Gasteiger partial charge in [-0.05, 0) is 56.8 Å². The molecule has 2 saturated carbocycles. The standard InChI is InChI=1S/C13H28N4/c14-10-3-1-8(6-12(10)16)5-9-2-4-11(15)13(17)7-9/h8-13H,1-7,14-17H2. The normalized spacial score (nSPS) is 48.0. The Kier molecular flexibility index (Phi) is 4.42. The Balaban J connectivity index is 1.78. The zero-order valence-electron chi connectivity index (χ0n) is 10.7. The van der Waals surface area contributed by atoms with E-state index in [2.05, 4.69) is 0 Å². The SMILES string of the molecule is NC1CCC(CC2CCC(N)C(N)C2)CC1N. The van der Waals surface area contributed by atoms with Gasteiger partial charge in [0.2, 0.25) is 0 Å². The second-order valence-corrected chi connectivity index (χ2v) is 6.25. The summed E-state index contributed by atoms with van der Waals surface area (Å²) in [5.41, 5.74) is 24.0.